The molecule has 1 N–H and O–H groups in total. The quantitative estimate of drug-likeness (QED) is 0.753. The van der Waals surface area contributed by atoms with Gasteiger partial charge in [0.1, 0.15) is 11.9 Å². The van der Waals surface area contributed by atoms with Crippen LogP contribution in [0.5, 0.6) is 0 Å². The molecule has 1 aliphatic rings. The summed E-state index contributed by atoms with van der Waals surface area (Å²) in [6.45, 7) is 4.82. The minimum atomic E-state index is -0.726. The van der Waals surface area contributed by atoms with Crippen molar-refractivity contribution < 1.29 is 5.11 Å². The van der Waals surface area contributed by atoms with Crippen molar-refractivity contribution in [3.05, 3.63) is 78.1 Å². The van der Waals surface area contributed by atoms with Gasteiger partial charge in [0.25, 0.3) is 0 Å². The molecule has 2 aromatic heterocycles. The van der Waals surface area contributed by atoms with Crippen molar-refractivity contribution in [1.29, 1.82) is 0 Å². The van der Waals surface area contributed by atoms with Gasteiger partial charge in [0, 0.05) is 75.8 Å². The molecule has 1 atom stereocenters. The lowest BCUT2D eigenvalue weighted by Gasteiger charge is -2.37. The summed E-state index contributed by atoms with van der Waals surface area (Å²) in [5, 5.41) is 10.9. The van der Waals surface area contributed by atoms with Crippen LogP contribution in [0.25, 0.3) is 0 Å². The topological polar surface area (TPSA) is 57.4 Å². The minimum absolute atomic E-state index is 0.666. The Morgan fingerprint density at radius 1 is 1.00 bits per heavy atom. The Balaban J connectivity index is 1.47. The summed E-state index contributed by atoms with van der Waals surface area (Å²) >= 11 is 0. The van der Waals surface area contributed by atoms with Gasteiger partial charge in [-0.15, -0.1) is 0 Å². The normalized spacial score (nSPS) is 16.4. The number of aromatic nitrogens is 3. The lowest BCUT2D eigenvalue weighted by molar-refractivity contribution is 0.205. The Hall–Kier alpha value is -2.70. The van der Waals surface area contributed by atoms with E-state index in [0.29, 0.717) is 5.82 Å². The summed E-state index contributed by atoms with van der Waals surface area (Å²) in [5.74, 6) is 0.666. The van der Waals surface area contributed by atoms with Crippen LogP contribution in [-0.4, -0.2) is 50.7 Å². The molecule has 3 heterocycles. The summed E-state index contributed by atoms with van der Waals surface area (Å²) in [4.78, 5) is 13.2. The Morgan fingerprint density at radius 2 is 1.74 bits per heavy atom. The average molecular weight is 363 g/mol. The van der Waals surface area contributed by atoms with Crippen molar-refractivity contribution >= 4 is 5.69 Å². The molecule has 0 bridgehead atoms. The van der Waals surface area contributed by atoms with E-state index < -0.39 is 6.10 Å². The lowest BCUT2D eigenvalue weighted by atomic mass is 10.0. The van der Waals surface area contributed by atoms with Crippen LogP contribution < -0.4 is 4.90 Å². The summed E-state index contributed by atoms with van der Waals surface area (Å²) < 4.78 is 1.87. The highest BCUT2D eigenvalue weighted by Crippen LogP contribution is 2.30. The van der Waals surface area contributed by atoms with Crippen molar-refractivity contribution in [2.45, 2.75) is 12.6 Å². The van der Waals surface area contributed by atoms with Gasteiger partial charge in [0.15, 0.2) is 0 Å². The van der Waals surface area contributed by atoms with Crippen LogP contribution in [-0.2, 0) is 13.6 Å². The number of aliphatic hydroxyl groups excluding tert-OH is 1. The standard InChI is InChI=1S/C21H25N5O/c1-24-11-10-23-21(24)20(27)18-4-2-3-5-19(18)26-14-12-25(13-15-26)16-17-6-8-22-9-7-17/h2-11,20,27H,12-16H2,1H3/t20-/m0/s1. The predicted molar refractivity (Wildman–Crippen MR) is 105 cm³/mol. The molecule has 0 unspecified atom stereocenters. The molecule has 0 amide bonds. The van der Waals surface area contributed by atoms with Gasteiger partial charge in [-0.05, 0) is 23.8 Å². The number of benzene rings is 1. The second-order valence-corrected chi connectivity index (χ2v) is 6.98. The largest absolute Gasteiger partial charge is 0.380 e. The third kappa shape index (κ3) is 3.86. The molecule has 0 spiro atoms. The van der Waals surface area contributed by atoms with Crippen molar-refractivity contribution in [2.24, 2.45) is 7.05 Å². The van der Waals surface area contributed by atoms with E-state index in [1.165, 1.54) is 5.56 Å². The molecule has 1 aromatic carbocycles. The van der Waals surface area contributed by atoms with Crippen molar-refractivity contribution in [2.75, 3.05) is 31.1 Å². The van der Waals surface area contributed by atoms with Crippen LogP contribution in [0.15, 0.2) is 61.2 Å². The van der Waals surface area contributed by atoms with E-state index in [1.807, 2.05) is 48.4 Å². The molecular weight excluding hydrogens is 338 g/mol. The number of hydrogen-bond donors (Lipinski definition) is 1. The zero-order chi connectivity index (χ0) is 18.6. The molecule has 0 radical (unpaired) electrons. The number of aryl methyl sites for hydroxylation is 1. The second-order valence-electron chi connectivity index (χ2n) is 6.98. The predicted octanol–water partition coefficient (Wildman–Crippen LogP) is 2.22. The maximum Gasteiger partial charge on any atom is 0.142 e. The van der Waals surface area contributed by atoms with E-state index in [1.54, 1.807) is 6.20 Å². The zero-order valence-corrected chi connectivity index (χ0v) is 15.6. The molecule has 4 rings (SSSR count). The molecular formula is C21H25N5O. The van der Waals surface area contributed by atoms with Crippen LogP contribution in [0.1, 0.15) is 23.1 Å². The highest BCUT2D eigenvalue weighted by atomic mass is 16.3. The monoisotopic (exact) mass is 363 g/mol. The van der Waals surface area contributed by atoms with E-state index in [-0.39, 0.29) is 0 Å². The SMILES string of the molecule is Cn1ccnc1[C@@H](O)c1ccccc1N1CCN(Cc2ccncc2)CC1. The molecule has 1 aliphatic heterocycles. The number of pyridine rings is 1. The first kappa shape index (κ1) is 17.7. The third-order valence-electron chi connectivity index (χ3n) is 5.20. The first-order chi connectivity index (χ1) is 13.2. The van der Waals surface area contributed by atoms with Gasteiger partial charge >= 0.3 is 0 Å². The number of aliphatic hydroxyl groups is 1. The van der Waals surface area contributed by atoms with Gasteiger partial charge in [-0.25, -0.2) is 4.98 Å². The van der Waals surface area contributed by atoms with E-state index in [0.717, 1.165) is 44.0 Å². The Bertz CT molecular complexity index is 871. The van der Waals surface area contributed by atoms with Crippen molar-refractivity contribution in [3.63, 3.8) is 0 Å². The Kier molecular flexibility index (Phi) is 5.18. The van der Waals surface area contributed by atoms with Crippen LogP contribution in [0.3, 0.4) is 0 Å². The first-order valence-electron chi connectivity index (χ1n) is 9.33. The van der Waals surface area contributed by atoms with E-state index in [9.17, 15) is 5.11 Å². The molecule has 140 valence electrons. The molecule has 0 aliphatic carbocycles. The number of rotatable bonds is 5. The van der Waals surface area contributed by atoms with Gasteiger partial charge in [0.05, 0.1) is 0 Å². The zero-order valence-electron chi connectivity index (χ0n) is 15.6. The summed E-state index contributed by atoms with van der Waals surface area (Å²) in [6, 6.07) is 12.3. The maximum absolute atomic E-state index is 10.9. The van der Waals surface area contributed by atoms with Crippen LogP contribution in [0.4, 0.5) is 5.69 Å². The number of imidazole rings is 1. The highest BCUT2D eigenvalue weighted by Gasteiger charge is 2.23. The maximum atomic E-state index is 10.9. The molecule has 1 fully saturated rings. The second kappa shape index (κ2) is 7.90. The van der Waals surface area contributed by atoms with E-state index in [4.69, 9.17) is 0 Å². The number of anilines is 1. The van der Waals surface area contributed by atoms with Gasteiger partial charge < -0.3 is 14.6 Å². The Labute approximate surface area is 159 Å². The number of piperazine rings is 1. The van der Waals surface area contributed by atoms with Crippen LogP contribution >= 0.6 is 0 Å². The van der Waals surface area contributed by atoms with E-state index >= 15 is 0 Å². The van der Waals surface area contributed by atoms with Gasteiger partial charge in [-0.2, -0.15) is 0 Å². The third-order valence-corrected chi connectivity index (χ3v) is 5.20. The van der Waals surface area contributed by atoms with Gasteiger partial charge in [-0.1, -0.05) is 18.2 Å². The van der Waals surface area contributed by atoms with Crippen molar-refractivity contribution in [1.82, 2.24) is 19.4 Å². The number of hydrogen-bond acceptors (Lipinski definition) is 5. The average Bonchev–Trinajstić information content (AvgIpc) is 3.15. The number of nitrogens with zero attached hydrogens (tertiary/aromatic N) is 5. The fourth-order valence-corrected chi connectivity index (χ4v) is 3.68. The molecule has 6 nitrogen and oxygen atoms in total. The first-order valence-corrected chi connectivity index (χ1v) is 9.33. The van der Waals surface area contributed by atoms with Crippen molar-refractivity contribution in [3.8, 4) is 0 Å². The number of para-hydroxylation sites is 1. The fraction of sp³-hybridized carbons (Fsp3) is 0.333. The van der Waals surface area contributed by atoms with Gasteiger partial charge in [0.2, 0.25) is 0 Å². The summed E-state index contributed by atoms with van der Waals surface area (Å²) in [7, 11) is 1.91. The molecule has 6 heteroatoms. The fourth-order valence-electron chi connectivity index (χ4n) is 3.68. The lowest BCUT2D eigenvalue weighted by Crippen LogP contribution is -2.46. The van der Waals surface area contributed by atoms with Crippen LogP contribution in [0.2, 0.25) is 0 Å². The summed E-state index contributed by atoms with van der Waals surface area (Å²) in [5.41, 5.74) is 3.30. The van der Waals surface area contributed by atoms with Crippen LogP contribution in [0, 0.1) is 0 Å². The Morgan fingerprint density at radius 3 is 2.44 bits per heavy atom. The minimum Gasteiger partial charge on any atom is -0.380 e. The van der Waals surface area contributed by atoms with Gasteiger partial charge in [-0.3, -0.25) is 9.88 Å². The highest BCUT2D eigenvalue weighted by molar-refractivity contribution is 5.56. The molecule has 0 saturated carbocycles. The molecule has 3 aromatic rings. The molecule has 27 heavy (non-hydrogen) atoms. The summed E-state index contributed by atoms with van der Waals surface area (Å²) in [6.07, 6.45) is 6.55. The van der Waals surface area contributed by atoms with E-state index in [2.05, 4.69) is 38.0 Å². The smallest absolute Gasteiger partial charge is 0.142 e. The molecule has 1 saturated heterocycles.